The van der Waals surface area contributed by atoms with Crippen LogP contribution in [0.25, 0.3) is 0 Å². The van der Waals surface area contributed by atoms with Gasteiger partial charge in [-0.15, -0.1) is 0 Å². The van der Waals surface area contributed by atoms with Gasteiger partial charge in [0.15, 0.2) is 0 Å². The number of hydrogen-bond acceptors (Lipinski definition) is 3. The Hall–Kier alpha value is -2.37. The van der Waals surface area contributed by atoms with Gasteiger partial charge in [-0.3, -0.25) is 14.4 Å². The molecule has 29 heavy (non-hydrogen) atoms. The molecule has 1 fully saturated rings. The average Bonchev–Trinajstić information content (AvgIpc) is 2.70. The van der Waals surface area contributed by atoms with Gasteiger partial charge in [0.05, 0.1) is 0 Å². The summed E-state index contributed by atoms with van der Waals surface area (Å²) >= 11 is 0. The molecule has 0 radical (unpaired) electrons. The number of likely N-dealkylation sites (tertiary alicyclic amines) is 1. The van der Waals surface area contributed by atoms with E-state index in [0.717, 1.165) is 0 Å². The summed E-state index contributed by atoms with van der Waals surface area (Å²) in [5.41, 5.74) is 0.683. The minimum absolute atomic E-state index is 0.0219. The minimum atomic E-state index is -0.547. The lowest BCUT2D eigenvalue weighted by molar-refractivity contribution is -0.131. The molecule has 1 unspecified atom stereocenters. The Morgan fingerprint density at radius 1 is 1.00 bits per heavy atom. The van der Waals surface area contributed by atoms with Crippen LogP contribution in [0.5, 0.6) is 0 Å². The number of carbonyl (C=O) groups is 3. The first kappa shape index (κ1) is 22.9. The summed E-state index contributed by atoms with van der Waals surface area (Å²) in [6, 6.07) is 8.71. The van der Waals surface area contributed by atoms with Crippen LogP contribution >= 0.6 is 0 Å². The Labute approximate surface area is 174 Å². The summed E-state index contributed by atoms with van der Waals surface area (Å²) in [6.07, 6.45) is 1.79. The van der Waals surface area contributed by atoms with E-state index in [1.165, 1.54) is 0 Å². The molecule has 0 saturated carbocycles. The van der Waals surface area contributed by atoms with E-state index in [4.69, 9.17) is 0 Å². The normalized spacial score (nSPS) is 16.0. The van der Waals surface area contributed by atoms with Gasteiger partial charge in [-0.05, 0) is 42.7 Å². The van der Waals surface area contributed by atoms with Crippen LogP contribution in [0.2, 0.25) is 0 Å². The van der Waals surface area contributed by atoms with Gasteiger partial charge in [0.25, 0.3) is 5.91 Å². The van der Waals surface area contributed by atoms with Crippen molar-refractivity contribution in [1.29, 1.82) is 0 Å². The highest BCUT2D eigenvalue weighted by molar-refractivity contribution is 5.94. The molecular formula is C23H35N3O3. The van der Waals surface area contributed by atoms with Crippen molar-refractivity contribution in [2.24, 2.45) is 17.8 Å². The third-order valence-corrected chi connectivity index (χ3v) is 5.20. The van der Waals surface area contributed by atoms with Crippen LogP contribution in [-0.4, -0.2) is 48.3 Å². The van der Waals surface area contributed by atoms with Crippen LogP contribution in [-0.2, 0) is 9.59 Å². The molecule has 0 spiro atoms. The molecule has 2 rings (SSSR count). The van der Waals surface area contributed by atoms with Gasteiger partial charge in [-0.25, -0.2) is 0 Å². The molecule has 3 amide bonds. The zero-order valence-corrected chi connectivity index (χ0v) is 18.1. The summed E-state index contributed by atoms with van der Waals surface area (Å²) in [6.45, 7) is 9.82. The van der Waals surface area contributed by atoms with Crippen LogP contribution in [0.4, 0.5) is 0 Å². The maximum Gasteiger partial charge on any atom is 0.253 e. The highest BCUT2D eigenvalue weighted by atomic mass is 16.2. The van der Waals surface area contributed by atoms with E-state index < -0.39 is 6.04 Å². The number of piperidine rings is 1. The second-order valence-corrected chi connectivity index (χ2v) is 8.78. The third kappa shape index (κ3) is 7.18. The Kier molecular flexibility index (Phi) is 8.68. The van der Waals surface area contributed by atoms with E-state index in [1.54, 1.807) is 0 Å². The van der Waals surface area contributed by atoms with Crippen LogP contribution in [0.1, 0.15) is 57.3 Å². The Morgan fingerprint density at radius 2 is 1.62 bits per heavy atom. The highest BCUT2D eigenvalue weighted by Crippen LogP contribution is 2.23. The van der Waals surface area contributed by atoms with Gasteiger partial charge in [0.1, 0.15) is 6.04 Å². The topological polar surface area (TPSA) is 78.5 Å². The first-order valence-electron chi connectivity index (χ1n) is 10.7. The standard InChI is InChI=1S/C23H35N3O3/c1-16(2)14-20(27)25-21(22(28)24-15-17(3)4)18-10-12-26(13-11-18)23(29)19-8-6-5-7-9-19/h5-9,16-18,21H,10-15H2,1-4H3,(H,24,28)(H,25,27). The fourth-order valence-corrected chi connectivity index (χ4v) is 3.61. The molecule has 1 heterocycles. The first-order valence-corrected chi connectivity index (χ1v) is 10.7. The molecule has 2 N–H and O–H groups in total. The van der Waals surface area contributed by atoms with Gasteiger partial charge in [-0.2, -0.15) is 0 Å². The molecule has 1 saturated heterocycles. The maximum atomic E-state index is 12.8. The minimum Gasteiger partial charge on any atom is -0.354 e. The number of rotatable bonds is 8. The van der Waals surface area contributed by atoms with Crippen molar-refractivity contribution >= 4 is 17.7 Å². The predicted molar refractivity (Wildman–Crippen MR) is 114 cm³/mol. The molecule has 0 bridgehead atoms. The van der Waals surface area contributed by atoms with Gasteiger partial charge < -0.3 is 15.5 Å². The Balaban J connectivity index is 2.00. The molecule has 0 aromatic heterocycles. The van der Waals surface area contributed by atoms with Crippen LogP contribution < -0.4 is 10.6 Å². The summed E-state index contributed by atoms with van der Waals surface area (Å²) < 4.78 is 0. The molecule has 1 aromatic carbocycles. The first-order chi connectivity index (χ1) is 13.8. The lowest BCUT2D eigenvalue weighted by atomic mass is 9.88. The Bertz CT molecular complexity index is 680. The van der Waals surface area contributed by atoms with Crippen molar-refractivity contribution in [3.05, 3.63) is 35.9 Å². The fraction of sp³-hybridized carbons (Fsp3) is 0.609. The van der Waals surface area contributed by atoms with Crippen molar-refractivity contribution in [3.63, 3.8) is 0 Å². The quantitative estimate of drug-likeness (QED) is 0.703. The van der Waals surface area contributed by atoms with Crippen molar-refractivity contribution in [1.82, 2.24) is 15.5 Å². The lowest BCUT2D eigenvalue weighted by Crippen LogP contribution is -2.54. The number of carbonyl (C=O) groups excluding carboxylic acids is 3. The van der Waals surface area contributed by atoms with E-state index in [-0.39, 0.29) is 29.6 Å². The van der Waals surface area contributed by atoms with E-state index in [1.807, 2.05) is 62.9 Å². The summed E-state index contributed by atoms with van der Waals surface area (Å²) in [5, 5.41) is 5.93. The van der Waals surface area contributed by atoms with Gasteiger partial charge >= 0.3 is 0 Å². The molecule has 0 aliphatic carbocycles. The number of nitrogens with one attached hydrogen (secondary N) is 2. The molecule has 1 aliphatic rings. The molecule has 1 aliphatic heterocycles. The third-order valence-electron chi connectivity index (χ3n) is 5.20. The van der Waals surface area contributed by atoms with Crippen molar-refractivity contribution in [3.8, 4) is 0 Å². The van der Waals surface area contributed by atoms with E-state index in [0.29, 0.717) is 50.4 Å². The SMILES string of the molecule is CC(C)CNC(=O)C(NC(=O)CC(C)C)C1CCN(C(=O)c2ccccc2)CC1. The van der Waals surface area contributed by atoms with Crippen molar-refractivity contribution in [2.45, 2.75) is 53.0 Å². The van der Waals surface area contributed by atoms with Gasteiger partial charge in [-0.1, -0.05) is 45.9 Å². The second-order valence-electron chi connectivity index (χ2n) is 8.78. The average molecular weight is 402 g/mol. The molecule has 160 valence electrons. The van der Waals surface area contributed by atoms with Crippen molar-refractivity contribution < 1.29 is 14.4 Å². The van der Waals surface area contributed by atoms with Crippen molar-refractivity contribution in [2.75, 3.05) is 19.6 Å². The van der Waals surface area contributed by atoms with Gasteiger partial charge in [0, 0.05) is 31.6 Å². The molecule has 6 nitrogen and oxygen atoms in total. The van der Waals surface area contributed by atoms with E-state index in [9.17, 15) is 14.4 Å². The largest absolute Gasteiger partial charge is 0.354 e. The number of nitrogens with zero attached hydrogens (tertiary/aromatic N) is 1. The zero-order valence-electron chi connectivity index (χ0n) is 18.1. The molecule has 1 aromatic rings. The fourth-order valence-electron chi connectivity index (χ4n) is 3.61. The highest BCUT2D eigenvalue weighted by Gasteiger charge is 2.34. The van der Waals surface area contributed by atoms with Gasteiger partial charge in [0.2, 0.25) is 11.8 Å². The number of hydrogen-bond donors (Lipinski definition) is 2. The van der Waals surface area contributed by atoms with E-state index >= 15 is 0 Å². The lowest BCUT2D eigenvalue weighted by Gasteiger charge is -2.36. The zero-order chi connectivity index (χ0) is 21.4. The van der Waals surface area contributed by atoms with Crippen LogP contribution in [0.3, 0.4) is 0 Å². The monoisotopic (exact) mass is 401 g/mol. The van der Waals surface area contributed by atoms with Crippen LogP contribution in [0.15, 0.2) is 30.3 Å². The smallest absolute Gasteiger partial charge is 0.253 e. The predicted octanol–water partition coefficient (Wildman–Crippen LogP) is 2.84. The molecular weight excluding hydrogens is 366 g/mol. The summed E-state index contributed by atoms with van der Waals surface area (Å²) in [7, 11) is 0. The van der Waals surface area contributed by atoms with Crippen LogP contribution in [0, 0.1) is 17.8 Å². The summed E-state index contributed by atoms with van der Waals surface area (Å²) in [4.78, 5) is 39.7. The summed E-state index contributed by atoms with van der Waals surface area (Å²) in [5.74, 6) is 0.416. The number of amides is 3. The number of benzene rings is 1. The van der Waals surface area contributed by atoms with E-state index in [2.05, 4.69) is 10.6 Å². The second kappa shape index (κ2) is 11.0. The molecule has 6 heteroatoms. The molecule has 1 atom stereocenters. The Morgan fingerprint density at radius 3 is 2.17 bits per heavy atom. The maximum absolute atomic E-state index is 12.8.